The van der Waals surface area contributed by atoms with Gasteiger partial charge in [-0.2, -0.15) is 13.2 Å². The van der Waals surface area contributed by atoms with E-state index in [4.69, 9.17) is 0 Å². The van der Waals surface area contributed by atoms with Gasteiger partial charge in [0.15, 0.2) is 0 Å². The van der Waals surface area contributed by atoms with Crippen LogP contribution in [-0.4, -0.2) is 50.3 Å². The van der Waals surface area contributed by atoms with Crippen LogP contribution >= 0.6 is 0 Å². The Labute approximate surface area is 190 Å². The summed E-state index contributed by atoms with van der Waals surface area (Å²) in [4.78, 5) is 38.4. The number of amides is 2. The van der Waals surface area contributed by atoms with Gasteiger partial charge in [0, 0.05) is 24.1 Å². The number of carbonyl (C=O) groups is 2. The molecular formula is C22H27F3N6O2. The van der Waals surface area contributed by atoms with Crippen LogP contribution in [0.15, 0.2) is 30.6 Å². The van der Waals surface area contributed by atoms with Crippen molar-refractivity contribution in [3.8, 4) is 0 Å². The van der Waals surface area contributed by atoms with Gasteiger partial charge in [0.05, 0.1) is 5.69 Å². The maximum atomic E-state index is 12.8. The van der Waals surface area contributed by atoms with Gasteiger partial charge in [-0.3, -0.25) is 14.5 Å². The summed E-state index contributed by atoms with van der Waals surface area (Å²) in [6, 6.07) is 4.70. The summed E-state index contributed by atoms with van der Waals surface area (Å²) in [6.07, 6.45) is -1.89. The van der Waals surface area contributed by atoms with Crippen LogP contribution in [0.1, 0.15) is 55.5 Å². The van der Waals surface area contributed by atoms with Gasteiger partial charge in [-0.25, -0.2) is 15.0 Å². The molecule has 0 radical (unpaired) electrons. The fourth-order valence-corrected chi connectivity index (χ4v) is 3.51. The smallest absolute Gasteiger partial charge is 0.351 e. The van der Waals surface area contributed by atoms with Gasteiger partial charge >= 0.3 is 6.18 Å². The second kappa shape index (κ2) is 9.82. The van der Waals surface area contributed by atoms with E-state index >= 15 is 0 Å². The summed E-state index contributed by atoms with van der Waals surface area (Å²) in [7, 11) is 0. The van der Waals surface area contributed by atoms with E-state index in [1.807, 2.05) is 20.8 Å². The summed E-state index contributed by atoms with van der Waals surface area (Å²) < 4.78 is 38.5. The second-order valence-electron chi connectivity index (χ2n) is 9.04. The molecule has 0 bridgehead atoms. The van der Waals surface area contributed by atoms with E-state index in [1.54, 1.807) is 6.07 Å². The minimum atomic E-state index is -4.64. The Balaban J connectivity index is 1.57. The molecule has 8 nitrogen and oxygen atoms in total. The molecule has 2 amide bonds. The van der Waals surface area contributed by atoms with Crippen LogP contribution in [0.3, 0.4) is 0 Å². The first-order chi connectivity index (χ1) is 15.4. The number of nitrogens with zero attached hydrogens (tertiary/aromatic N) is 4. The Morgan fingerprint density at radius 2 is 1.82 bits per heavy atom. The number of aromatic nitrogens is 3. The number of alkyl halides is 3. The van der Waals surface area contributed by atoms with Crippen LogP contribution < -0.4 is 10.6 Å². The molecule has 3 heterocycles. The topological polar surface area (TPSA) is 100 Å². The number of likely N-dealkylation sites (tertiary alicyclic amines) is 1. The van der Waals surface area contributed by atoms with E-state index in [-0.39, 0.29) is 28.9 Å². The highest BCUT2D eigenvalue weighted by Crippen LogP contribution is 2.27. The van der Waals surface area contributed by atoms with E-state index in [0.29, 0.717) is 12.2 Å². The minimum absolute atomic E-state index is 0.0271. The van der Waals surface area contributed by atoms with Gasteiger partial charge in [-0.05, 0) is 58.8 Å². The van der Waals surface area contributed by atoms with E-state index < -0.39 is 17.8 Å². The Morgan fingerprint density at radius 3 is 2.45 bits per heavy atom. The molecule has 1 aliphatic heterocycles. The van der Waals surface area contributed by atoms with Crippen LogP contribution in [0, 0.1) is 5.92 Å². The summed E-state index contributed by atoms with van der Waals surface area (Å²) in [5.74, 6) is -0.585. The van der Waals surface area contributed by atoms with Crippen molar-refractivity contribution in [3.63, 3.8) is 0 Å². The van der Waals surface area contributed by atoms with Crippen molar-refractivity contribution >= 4 is 17.6 Å². The predicted octanol–water partition coefficient (Wildman–Crippen LogP) is 3.27. The number of hydrogen-bond acceptors (Lipinski definition) is 6. The zero-order valence-corrected chi connectivity index (χ0v) is 18.7. The van der Waals surface area contributed by atoms with Gasteiger partial charge < -0.3 is 10.6 Å². The second-order valence-corrected chi connectivity index (χ2v) is 9.04. The predicted molar refractivity (Wildman–Crippen MR) is 115 cm³/mol. The lowest BCUT2D eigenvalue weighted by atomic mass is 9.94. The summed E-state index contributed by atoms with van der Waals surface area (Å²) in [6.45, 7) is 7.81. The number of carbonyl (C=O) groups excluding carboxylic acids is 2. The molecule has 0 aromatic carbocycles. The van der Waals surface area contributed by atoms with Crippen LogP contribution in [0.2, 0.25) is 0 Å². The molecule has 0 saturated carbocycles. The van der Waals surface area contributed by atoms with Gasteiger partial charge in [-0.15, -0.1) is 0 Å². The molecule has 2 N–H and O–H groups in total. The number of piperidine rings is 1. The molecule has 1 aliphatic rings. The third-order valence-corrected chi connectivity index (χ3v) is 5.08. The molecule has 33 heavy (non-hydrogen) atoms. The minimum Gasteiger partial charge on any atom is -0.351 e. The van der Waals surface area contributed by atoms with Gasteiger partial charge in [0.25, 0.3) is 5.91 Å². The molecule has 0 spiro atoms. The van der Waals surface area contributed by atoms with Crippen molar-refractivity contribution in [1.82, 2.24) is 25.2 Å². The number of nitrogens with one attached hydrogen (secondary N) is 2. The quantitative estimate of drug-likeness (QED) is 0.705. The van der Waals surface area contributed by atoms with Crippen molar-refractivity contribution in [2.24, 2.45) is 5.92 Å². The van der Waals surface area contributed by atoms with Gasteiger partial charge in [-0.1, -0.05) is 6.07 Å². The van der Waals surface area contributed by atoms with Gasteiger partial charge in [0.1, 0.15) is 23.5 Å². The Kier molecular flexibility index (Phi) is 7.31. The Morgan fingerprint density at radius 1 is 1.12 bits per heavy atom. The molecule has 0 aliphatic carbocycles. The molecule has 3 rings (SSSR count). The lowest BCUT2D eigenvalue weighted by Crippen LogP contribution is -2.46. The molecule has 1 fully saturated rings. The average molecular weight is 464 g/mol. The van der Waals surface area contributed by atoms with Gasteiger partial charge in [0.2, 0.25) is 5.91 Å². The maximum absolute atomic E-state index is 12.8. The number of halogens is 3. The van der Waals surface area contributed by atoms with E-state index in [2.05, 4.69) is 30.5 Å². The first kappa shape index (κ1) is 24.6. The molecule has 0 atom stereocenters. The van der Waals surface area contributed by atoms with E-state index in [0.717, 1.165) is 38.1 Å². The fourth-order valence-electron chi connectivity index (χ4n) is 3.51. The van der Waals surface area contributed by atoms with Crippen LogP contribution in [0.4, 0.5) is 19.0 Å². The summed E-state index contributed by atoms with van der Waals surface area (Å²) in [5, 5.41) is 5.49. The zero-order valence-electron chi connectivity index (χ0n) is 18.7. The van der Waals surface area contributed by atoms with E-state index in [1.165, 1.54) is 12.4 Å². The molecule has 2 aromatic rings. The number of anilines is 1. The van der Waals surface area contributed by atoms with Crippen LogP contribution in [-0.2, 0) is 17.5 Å². The van der Waals surface area contributed by atoms with Crippen LogP contribution in [0.5, 0.6) is 0 Å². The lowest BCUT2D eigenvalue weighted by molar-refractivity contribution is -0.141. The molecule has 11 heteroatoms. The summed E-state index contributed by atoms with van der Waals surface area (Å²) >= 11 is 0. The highest BCUT2D eigenvalue weighted by atomic mass is 19.4. The first-order valence-electron chi connectivity index (χ1n) is 10.6. The van der Waals surface area contributed by atoms with Crippen molar-refractivity contribution < 1.29 is 22.8 Å². The number of hydrogen-bond donors (Lipinski definition) is 2. The highest BCUT2D eigenvalue weighted by molar-refractivity contribution is 6.02. The van der Waals surface area contributed by atoms with Crippen LogP contribution in [0.25, 0.3) is 0 Å². The Bertz CT molecular complexity index is 998. The number of rotatable bonds is 5. The third-order valence-electron chi connectivity index (χ3n) is 5.08. The van der Waals surface area contributed by atoms with Crippen molar-refractivity contribution in [1.29, 1.82) is 0 Å². The number of pyridine rings is 1. The molecule has 0 unspecified atom stereocenters. The molecule has 2 aromatic heterocycles. The normalized spacial score (nSPS) is 15.8. The Hall–Kier alpha value is -3.08. The van der Waals surface area contributed by atoms with Crippen molar-refractivity contribution in [3.05, 3.63) is 47.7 Å². The largest absolute Gasteiger partial charge is 0.433 e. The maximum Gasteiger partial charge on any atom is 0.433 e. The summed E-state index contributed by atoms with van der Waals surface area (Å²) in [5.41, 5.74) is -1.12. The van der Waals surface area contributed by atoms with Crippen molar-refractivity contribution in [2.75, 3.05) is 18.4 Å². The molecule has 1 saturated heterocycles. The first-order valence-corrected chi connectivity index (χ1v) is 10.6. The van der Waals surface area contributed by atoms with Crippen molar-refractivity contribution in [2.45, 2.75) is 51.9 Å². The highest BCUT2D eigenvalue weighted by Gasteiger charge is 2.33. The molecular weight excluding hydrogens is 437 g/mol. The standard InChI is InChI=1S/C22H27F3N6O2/c1-21(2,3)30-19(32)14-7-9-31(10-8-14)12-15-11-18(27-13-26-15)29-20(33)16-5-4-6-17(28-16)22(23,24)25/h4-6,11,13-14H,7-10,12H2,1-3H3,(H,30,32)(H,26,27,29,33). The SMILES string of the molecule is CC(C)(C)NC(=O)C1CCN(Cc2cc(NC(=O)c3cccc(C(F)(F)F)n3)ncn2)CC1. The monoisotopic (exact) mass is 464 g/mol. The zero-order chi connectivity index (χ0) is 24.2. The third kappa shape index (κ3) is 7.21. The molecule has 178 valence electrons. The fraction of sp³-hybridized carbons (Fsp3) is 0.500. The average Bonchev–Trinajstić information content (AvgIpc) is 2.73. The van der Waals surface area contributed by atoms with E-state index in [9.17, 15) is 22.8 Å². The lowest BCUT2D eigenvalue weighted by Gasteiger charge is -2.32.